The second-order valence-corrected chi connectivity index (χ2v) is 5.57. The van der Waals surface area contributed by atoms with Crippen LogP contribution in [0.25, 0.3) is 0 Å². The molecule has 19 heavy (non-hydrogen) atoms. The summed E-state index contributed by atoms with van der Waals surface area (Å²) < 4.78 is 0.355. The Balaban J connectivity index is 2.35. The molecule has 1 aliphatic heterocycles. The van der Waals surface area contributed by atoms with Crippen molar-refractivity contribution in [2.75, 3.05) is 0 Å². The number of carbonyl (C=O) groups excluding carboxylic acids is 2. The second kappa shape index (κ2) is 5.57. The molecule has 0 spiro atoms. The Labute approximate surface area is 120 Å². The molecule has 0 bridgehead atoms. The molecular weight excluding hydrogens is 308 g/mol. The third kappa shape index (κ3) is 2.87. The van der Waals surface area contributed by atoms with E-state index in [1.807, 2.05) is 32.0 Å². The van der Waals surface area contributed by atoms with Crippen LogP contribution in [0.5, 0.6) is 0 Å². The van der Waals surface area contributed by atoms with Crippen LogP contribution in [0.1, 0.15) is 24.2 Å². The highest BCUT2D eigenvalue weighted by atomic mass is 79.9. The second-order valence-electron chi connectivity index (χ2n) is 4.72. The summed E-state index contributed by atoms with van der Waals surface area (Å²) >= 11 is 3.17. The van der Waals surface area contributed by atoms with E-state index in [1.54, 1.807) is 23.2 Å². The van der Waals surface area contributed by atoms with Crippen molar-refractivity contribution in [1.29, 1.82) is 0 Å². The Morgan fingerprint density at radius 3 is 2.53 bits per heavy atom. The van der Waals surface area contributed by atoms with E-state index in [9.17, 15) is 9.59 Å². The highest BCUT2D eigenvalue weighted by Gasteiger charge is 2.32. The average molecular weight is 323 g/mol. The van der Waals surface area contributed by atoms with E-state index in [0.717, 1.165) is 0 Å². The van der Waals surface area contributed by atoms with Crippen molar-refractivity contribution in [1.82, 2.24) is 10.2 Å². The Hall–Kier alpha value is -1.62. The first-order chi connectivity index (χ1) is 9.00. The fraction of sp³-hybridized carbons (Fsp3) is 0.286. The van der Waals surface area contributed by atoms with Crippen molar-refractivity contribution < 1.29 is 9.59 Å². The van der Waals surface area contributed by atoms with Gasteiger partial charge >= 0.3 is 0 Å². The smallest absolute Gasteiger partial charge is 0.261 e. The maximum atomic E-state index is 12.5. The summed E-state index contributed by atoms with van der Waals surface area (Å²) in [7, 11) is 0. The van der Waals surface area contributed by atoms with Gasteiger partial charge in [-0.1, -0.05) is 32.0 Å². The van der Waals surface area contributed by atoms with Crippen molar-refractivity contribution in [2.45, 2.75) is 20.0 Å². The highest BCUT2D eigenvalue weighted by Crippen LogP contribution is 2.21. The molecule has 0 saturated carbocycles. The summed E-state index contributed by atoms with van der Waals surface area (Å²) in [6.07, 6.45) is 1.22. The zero-order chi connectivity index (χ0) is 14.0. The molecule has 1 aromatic carbocycles. The molecule has 0 aliphatic carbocycles. The third-order valence-corrected chi connectivity index (χ3v) is 3.50. The molecule has 2 rings (SSSR count). The highest BCUT2D eigenvalue weighted by molar-refractivity contribution is 9.12. The zero-order valence-electron chi connectivity index (χ0n) is 10.8. The summed E-state index contributed by atoms with van der Waals surface area (Å²) in [6, 6.07) is 9.02. The molecule has 5 heteroatoms. The minimum atomic E-state index is -0.332. The van der Waals surface area contributed by atoms with E-state index in [0.29, 0.717) is 10.0 Å². The first-order valence-corrected chi connectivity index (χ1v) is 6.86. The van der Waals surface area contributed by atoms with Gasteiger partial charge in [0.1, 0.15) is 6.17 Å². The number of hydrogen-bond acceptors (Lipinski definition) is 2. The lowest BCUT2D eigenvalue weighted by molar-refractivity contribution is -0.119. The van der Waals surface area contributed by atoms with Crippen LogP contribution < -0.4 is 5.32 Å². The average Bonchev–Trinajstić information content (AvgIpc) is 2.41. The van der Waals surface area contributed by atoms with Crippen LogP contribution in [-0.4, -0.2) is 22.9 Å². The Kier molecular flexibility index (Phi) is 4.04. The summed E-state index contributed by atoms with van der Waals surface area (Å²) in [5.41, 5.74) is 0.598. The number of benzene rings is 1. The van der Waals surface area contributed by atoms with Crippen LogP contribution in [0.2, 0.25) is 0 Å². The maximum Gasteiger partial charge on any atom is 0.261 e. The van der Waals surface area contributed by atoms with Crippen LogP contribution in [0.15, 0.2) is 41.0 Å². The van der Waals surface area contributed by atoms with Crippen molar-refractivity contribution in [3.8, 4) is 0 Å². The molecule has 4 nitrogen and oxygen atoms in total. The predicted octanol–water partition coefficient (Wildman–Crippen LogP) is 2.48. The van der Waals surface area contributed by atoms with Crippen molar-refractivity contribution in [2.24, 2.45) is 5.92 Å². The molecule has 0 fully saturated rings. The summed E-state index contributed by atoms with van der Waals surface area (Å²) in [4.78, 5) is 25.7. The van der Waals surface area contributed by atoms with Crippen LogP contribution in [0, 0.1) is 5.92 Å². The summed E-state index contributed by atoms with van der Waals surface area (Å²) in [5, 5.41) is 2.82. The third-order valence-electron chi connectivity index (χ3n) is 2.93. The van der Waals surface area contributed by atoms with Gasteiger partial charge in [0.2, 0.25) is 0 Å². The number of nitrogens with zero attached hydrogens (tertiary/aromatic N) is 1. The predicted molar refractivity (Wildman–Crippen MR) is 76.4 cm³/mol. The van der Waals surface area contributed by atoms with Gasteiger partial charge < -0.3 is 5.32 Å². The molecule has 1 aromatic rings. The maximum absolute atomic E-state index is 12.5. The van der Waals surface area contributed by atoms with E-state index in [2.05, 4.69) is 21.2 Å². The van der Waals surface area contributed by atoms with Crippen LogP contribution in [-0.2, 0) is 4.79 Å². The Morgan fingerprint density at radius 2 is 1.95 bits per heavy atom. The molecule has 0 saturated heterocycles. The lowest BCUT2D eigenvalue weighted by atomic mass is 10.1. The SMILES string of the molecule is CC(C)[C@H]1NC(=O)C(Br)=CN1C(=O)c1ccccc1. The Morgan fingerprint density at radius 1 is 1.32 bits per heavy atom. The Bertz CT molecular complexity index is 526. The molecule has 1 atom stereocenters. The normalized spacial score (nSPS) is 19.2. The number of amides is 2. The first-order valence-electron chi connectivity index (χ1n) is 6.06. The van der Waals surface area contributed by atoms with E-state index >= 15 is 0 Å². The van der Waals surface area contributed by atoms with E-state index in [1.165, 1.54) is 0 Å². The summed E-state index contributed by atoms with van der Waals surface area (Å²) in [6.45, 7) is 3.92. The summed E-state index contributed by atoms with van der Waals surface area (Å²) in [5.74, 6) is -0.208. The molecule has 1 heterocycles. The van der Waals surface area contributed by atoms with Crippen LogP contribution >= 0.6 is 15.9 Å². The molecule has 0 aromatic heterocycles. The van der Waals surface area contributed by atoms with Gasteiger partial charge in [-0.2, -0.15) is 0 Å². The van der Waals surface area contributed by atoms with E-state index in [4.69, 9.17) is 0 Å². The van der Waals surface area contributed by atoms with Crippen LogP contribution in [0.4, 0.5) is 0 Å². The van der Waals surface area contributed by atoms with Crippen LogP contribution in [0.3, 0.4) is 0 Å². The monoisotopic (exact) mass is 322 g/mol. The molecule has 2 amide bonds. The molecular formula is C14H15BrN2O2. The topological polar surface area (TPSA) is 49.4 Å². The van der Waals surface area contributed by atoms with Gasteiger partial charge in [-0.15, -0.1) is 0 Å². The number of hydrogen-bond donors (Lipinski definition) is 1. The van der Waals surface area contributed by atoms with Gasteiger partial charge in [0, 0.05) is 11.8 Å². The van der Waals surface area contributed by atoms with E-state index < -0.39 is 0 Å². The minimum Gasteiger partial charge on any atom is -0.331 e. The number of halogens is 1. The lowest BCUT2D eigenvalue weighted by Gasteiger charge is -2.35. The number of rotatable bonds is 2. The molecule has 100 valence electrons. The quantitative estimate of drug-likeness (QED) is 0.909. The molecule has 1 N–H and O–H groups in total. The largest absolute Gasteiger partial charge is 0.331 e. The van der Waals surface area contributed by atoms with Gasteiger partial charge in [0.25, 0.3) is 11.8 Å². The molecule has 0 unspecified atom stereocenters. The standard InChI is InChI=1S/C14H15BrN2O2/c1-9(2)12-16-13(18)11(15)8-17(12)14(19)10-6-4-3-5-7-10/h3-9,12H,1-2H3,(H,16,18)/t12-/m0/s1. The van der Waals surface area contributed by atoms with Crippen molar-refractivity contribution >= 4 is 27.7 Å². The van der Waals surface area contributed by atoms with Gasteiger partial charge in [-0.3, -0.25) is 14.5 Å². The van der Waals surface area contributed by atoms with Gasteiger partial charge in [0.15, 0.2) is 0 Å². The molecule has 0 radical (unpaired) electrons. The van der Waals surface area contributed by atoms with Gasteiger partial charge in [-0.05, 0) is 34.0 Å². The van der Waals surface area contributed by atoms with E-state index in [-0.39, 0.29) is 23.9 Å². The molecule has 1 aliphatic rings. The van der Waals surface area contributed by atoms with Gasteiger partial charge in [0.05, 0.1) is 4.48 Å². The number of carbonyl (C=O) groups is 2. The minimum absolute atomic E-state index is 0.119. The van der Waals surface area contributed by atoms with Gasteiger partial charge in [-0.25, -0.2) is 0 Å². The van der Waals surface area contributed by atoms with Crippen molar-refractivity contribution in [3.63, 3.8) is 0 Å². The fourth-order valence-corrected chi connectivity index (χ4v) is 2.27. The first kappa shape index (κ1) is 13.8. The zero-order valence-corrected chi connectivity index (χ0v) is 12.3. The fourth-order valence-electron chi connectivity index (χ4n) is 1.94. The number of nitrogens with one attached hydrogen (secondary N) is 1. The van der Waals surface area contributed by atoms with Crippen molar-refractivity contribution in [3.05, 3.63) is 46.6 Å². The lowest BCUT2D eigenvalue weighted by Crippen LogP contribution is -2.54.